The Bertz CT molecular complexity index is 701. The Labute approximate surface area is 122 Å². The summed E-state index contributed by atoms with van der Waals surface area (Å²) in [5, 5.41) is 15.1. The molecule has 0 fully saturated rings. The molecule has 0 saturated carbocycles. The molecule has 0 atom stereocenters. The molecule has 6 nitrogen and oxygen atoms in total. The third-order valence-corrected chi connectivity index (χ3v) is 3.44. The fourth-order valence-corrected chi connectivity index (χ4v) is 2.19. The molecule has 0 unspecified atom stereocenters. The van der Waals surface area contributed by atoms with Crippen molar-refractivity contribution in [2.24, 2.45) is 10.2 Å². The van der Waals surface area contributed by atoms with Crippen LogP contribution in [-0.4, -0.2) is 21.2 Å². The summed E-state index contributed by atoms with van der Waals surface area (Å²) in [5.41, 5.74) is 0.522. The van der Waals surface area contributed by atoms with Crippen molar-refractivity contribution in [2.75, 3.05) is 5.32 Å². The summed E-state index contributed by atoms with van der Waals surface area (Å²) in [4.78, 5) is 12.0. The number of amides is 1. The summed E-state index contributed by atoms with van der Waals surface area (Å²) in [7, 11) is 0. The minimum atomic E-state index is -0.414. The van der Waals surface area contributed by atoms with E-state index < -0.39 is 5.66 Å². The van der Waals surface area contributed by atoms with Crippen molar-refractivity contribution in [1.29, 1.82) is 0 Å². The van der Waals surface area contributed by atoms with Crippen molar-refractivity contribution in [3.05, 3.63) is 30.5 Å². The summed E-state index contributed by atoms with van der Waals surface area (Å²) < 4.78 is 1.72. The number of fused-ring (bicyclic) bond motifs is 1. The Balaban J connectivity index is 1.53. The Morgan fingerprint density at radius 1 is 1.38 bits per heavy atom. The largest absolute Gasteiger partial charge is 0.309 e. The quantitative estimate of drug-likeness (QED) is 0.827. The Hall–Kier alpha value is -2.68. The molecule has 0 saturated heterocycles. The molecule has 6 heteroatoms. The lowest BCUT2D eigenvalue weighted by atomic mass is 10.0. The van der Waals surface area contributed by atoms with Crippen LogP contribution in [0, 0.1) is 12.3 Å². The second kappa shape index (κ2) is 5.37. The number of rotatable bonds is 6. The predicted molar refractivity (Wildman–Crippen MR) is 78.7 cm³/mol. The normalized spacial score (nSPS) is 14.8. The van der Waals surface area contributed by atoms with Crippen LogP contribution < -0.4 is 5.32 Å². The molecule has 0 bridgehead atoms. The topological polar surface area (TPSA) is 71.1 Å². The number of hydrogen-bond donors (Lipinski definition) is 1. The van der Waals surface area contributed by atoms with Crippen LogP contribution in [0.15, 0.2) is 40.7 Å². The molecule has 1 amide bonds. The van der Waals surface area contributed by atoms with E-state index in [1.807, 2.05) is 30.5 Å². The maximum atomic E-state index is 12.0. The van der Waals surface area contributed by atoms with E-state index in [1.54, 1.807) is 4.52 Å². The summed E-state index contributed by atoms with van der Waals surface area (Å²) in [6.45, 7) is 0. The van der Waals surface area contributed by atoms with Crippen LogP contribution in [-0.2, 0) is 4.79 Å². The zero-order chi connectivity index (χ0) is 14.7. The van der Waals surface area contributed by atoms with Crippen LogP contribution >= 0.6 is 0 Å². The number of pyridine rings is 1. The Morgan fingerprint density at radius 2 is 2.24 bits per heavy atom. The van der Waals surface area contributed by atoms with Gasteiger partial charge in [-0.25, -0.2) is 4.52 Å². The number of nitrogens with one attached hydrogen (secondary N) is 1. The first-order valence-electron chi connectivity index (χ1n) is 6.83. The number of anilines is 1. The average molecular weight is 281 g/mol. The summed E-state index contributed by atoms with van der Waals surface area (Å²) in [6.07, 6.45) is 9.35. The van der Waals surface area contributed by atoms with Crippen molar-refractivity contribution >= 4 is 17.2 Å². The first kappa shape index (κ1) is 13.3. The van der Waals surface area contributed by atoms with E-state index in [0.29, 0.717) is 31.5 Å². The molecule has 2 aromatic rings. The SMILES string of the molecule is C#CCCC1(CCC(=O)Nc2cc3ccccn3n2)N=N1. The highest BCUT2D eigenvalue weighted by molar-refractivity contribution is 5.90. The number of nitrogens with zero attached hydrogens (tertiary/aromatic N) is 4. The molecule has 0 spiro atoms. The molecule has 0 aromatic carbocycles. The lowest BCUT2D eigenvalue weighted by Gasteiger charge is -2.07. The van der Waals surface area contributed by atoms with Crippen molar-refractivity contribution in [3.63, 3.8) is 0 Å². The van der Waals surface area contributed by atoms with E-state index in [-0.39, 0.29) is 5.91 Å². The molecule has 1 aliphatic rings. The number of hydrogen-bond acceptors (Lipinski definition) is 4. The highest BCUT2D eigenvalue weighted by atomic mass is 16.1. The van der Waals surface area contributed by atoms with Gasteiger partial charge in [0.05, 0.1) is 5.52 Å². The van der Waals surface area contributed by atoms with Crippen LogP contribution in [0.5, 0.6) is 0 Å². The van der Waals surface area contributed by atoms with Gasteiger partial charge in [0, 0.05) is 37.9 Å². The van der Waals surface area contributed by atoms with Gasteiger partial charge < -0.3 is 5.32 Å². The molecule has 3 rings (SSSR count). The van der Waals surface area contributed by atoms with Crippen molar-refractivity contribution in [2.45, 2.75) is 31.3 Å². The first-order valence-corrected chi connectivity index (χ1v) is 6.83. The maximum absolute atomic E-state index is 12.0. The van der Waals surface area contributed by atoms with Gasteiger partial charge in [0.2, 0.25) is 5.91 Å². The molecule has 2 aromatic heterocycles. The van der Waals surface area contributed by atoms with E-state index in [1.165, 1.54) is 0 Å². The summed E-state index contributed by atoms with van der Waals surface area (Å²) in [6, 6.07) is 7.57. The summed E-state index contributed by atoms with van der Waals surface area (Å²) in [5.74, 6) is 3.04. The van der Waals surface area contributed by atoms with E-state index in [9.17, 15) is 4.79 Å². The Morgan fingerprint density at radius 3 is 2.95 bits per heavy atom. The van der Waals surface area contributed by atoms with E-state index in [2.05, 4.69) is 26.6 Å². The standard InChI is InChI=1S/C15H15N5O/c1-2-3-8-15(18-19-15)9-7-14(21)16-13-11-12-6-4-5-10-20(12)17-13/h1,4-6,10-11H,3,7-9H2,(H,16,17,21). The smallest absolute Gasteiger partial charge is 0.225 e. The van der Waals surface area contributed by atoms with Crippen LogP contribution in [0.4, 0.5) is 5.82 Å². The van der Waals surface area contributed by atoms with Gasteiger partial charge in [0.15, 0.2) is 11.5 Å². The molecule has 1 aliphatic heterocycles. The van der Waals surface area contributed by atoms with E-state index in [4.69, 9.17) is 6.42 Å². The number of carbonyl (C=O) groups excluding carboxylic acids is 1. The average Bonchev–Trinajstić information content (AvgIpc) is 3.14. The highest BCUT2D eigenvalue weighted by Crippen LogP contribution is 2.37. The number of aromatic nitrogens is 2. The van der Waals surface area contributed by atoms with Gasteiger partial charge in [-0.1, -0.05) is 6.07 Å². The Kier molecular flexibility index (Phi) is 3.40. The van der Waals surface area contributed by atoms with Gasteiger partial charge >= 0.3 is 0 Å². The van der Waals surface area contributed by atoms with Crippen molar-refractivity contribution in [1.82, 2.24) is 9.61 Å². The van der Waals surface area contributed by atoms with E-state index >= 15 is 0 Å². The van der Waals surface area contributed by atoms with Crippen molar-refractivity contribution in [3.8, 4) is 12.3 Å². The van der Waals surface area contributed by atoms with Gasteiger partial charge in [0.1, 0.15) is 0 Å². The first-order chi connectivity index (χ1) is 10.2. The van der Waals surface area contributed by atoms with Crippen LogP contribution in [0.2, 0.25) is 0 Å². The highest BCUT2D eigenvalue weighted by Gasteiger charge is 2.39. The van der Waals surface area contributed by atoms with Gasteiger partial charge in [-0.15, -0.1) is 12.3 Å². The minimum Gasteiger partial charge on any atom is -0.309 e. The second-order valence-electron chi connectivity index (χ2n) is 5.03. The molecule has 21 heavy (non-hydrogen) atoms. The van der Waals surface area contributed by atoms with Gasteiger partial charge in [-0.3, -0.25) is 4.79 Å². The predicted octanol–water partition coefficient (Wildman–Crippen LogP) is 2.63. The van der Waals surface area contributed by atoms with Gasteiger partial charge in [-0.05, 0) is 12.1 Å². The van der Waals surface area contributed by atoms with Crippen LogP contribution in [0.1, 0.15) is 25.7 Å². The fraction of sp³-hybridized carbons (Fsp3) is 0.333. The zero-order valence-electron chi connectivity index (χ0n) is 11.5. The van der Waals surface area contributed by atoms with Gasteiger partial charge in [0.25, 0.3) is 0 Å². The molecular weight excluding hydrogens is 266 g/mol. The van der Waals surface area contributed by atoms with E-state index in [0.717, 1.165) is 5.52 Å². The maximum Gasteiger partial charge on any atom is 0.225 e. The van der Waals surface area contributed by atoms with Crippen LogP contribution in [0.3, 0.4) is 0 Å². The molecule has 0 radical (unpaired) electrons. The molecular formula is C15H15N5O. The second-order valence-corrected chi connectivity index (χ2v) is 5.03. The molecule has 1 N–H and O–H groups in total. The van der Waals surface area contributed by atoms with Crippen LogP contribution in [0.25, 0.3) is 5.52 Å². The minimum absolute atomic E-state index is 0.0872. The monoisotopic (exact) mass is 281 g/mol. The third-order valence-electron chi connectivity index (χ3n) is 3.44. The fourth-order valence-electron chi connectivity index (χ4n) is 2.19. The molecule has 3 heterocycles. The number of carbonyl (C=O) groups is 1. The molecule has 106 valence electrons. The van der Waals surface area contributed by atoms with Gasteiger partial charge in [-0.2, -0.15) is 15.3 Å². The third kappa shape index (κ3) is 3.08. The zero-order valence-corrected chi connectivity index (χ0v) is 11.5. The summed E-state index contributed by atoms with van der Waals surface area (Å²) >= 11 is 0. The van der Waals surface area contributed by atoms with Crippen molar-refractivity contribution < 1.29 is 4.79 Å². The lowest BCUT2D eigenvalue weighted by molar-refractivity contribution is -0.116. The lowest BCUT2D eigenvalue weighted by Crippen LogP contribution is -2.17. The molecule has 0 aliphatic carbocycles. The number of terminal acetylenes is 1.